The monoisotopic (exact) mass is 258 g/mol. The molecule has 1 aromatic carbocycles. The van der Waals surface area contributed by atoms with Crippen molar-refractivity contribution in [2.24, 2.45) is 5.92 Å². The third kappa shape index (κ3) is 2.63. The summed E-state index contributed by atoms with van der Waals surface area (Å²) < 4.78 is 2.20. The van der Waals surface area contributed by atoms with Gasteiger partial charge in [-0.1, -0.05) is 12.1 Å². The Labute approximate surface area is 112 Å². The van der Waals surface area contributed by atoms with Gasteiger partial charge < -0.3 is 14.8 Å². The minimum absolute atomic E-state index is 0.250. The molecule has 0 bridgehead atoms. The topological polar surface area (TPSA) is 58.3 Å². The van der Waals surface area contributed by atoms with E-state index in [9.17, 15) is 10.2 Å². The Balaban J connectivity index is 1.76. The number of nitrogens with zero attached hydrogens (tertiary/aromatic N) is 2. The largest absolute Gasteiger partial charge is 0.508 e. The number of hydrogen-bond acceptors (Lipinski definition) is 3. The van der Waals surface area contributed by atoms with Gasteiger partial charge in [0.15, 0.2) is 0 Å². The summed E-state index contributed by atoms with van der Waals surface area (Å²) in [6.07, 6.45) is 4.78. The number of benzene rings is 1. The highest BCUT2D eigenvalue weighted by Crippen LogP contribution is 2.21. The van der Waals surface area contributed by atoms with Gasteiger partial charge in [-0.05, 0) is 30.0 Å². The van der Waals surface area contributed by atoms with Gasteiger partial charge in [0.25, 0.3) is 0 Å². The zero-order valence-electron chi connectivity index (χ0n) is 10.8. The number of aryl methyl sites for hydroxylation is 1. The molecule has 0 fully saturated rings. The van der Waals surface area contributed by atoms with E-state index in [1.807, 2.05) is 12.1 Å². The van der Waals surface area contributed by atoms with E-state index < -0.39 is 0 Å². The fourth-order valence-electron chi connectivity index (χ4n) is 2.62. The van der Waals surface area contributed by atoms with E-state index in [2.05, 4.69) is 15.7 Å². The number of phenolic OH excluding ortho intramolecular Hbond substituents is 1. The van der Waals surface area contributed by atoms with Crippen LogP contribution in [-0.2, 0) is 19.4 Å². The van der Waals surface area contributed by atoms with E-state index >= 15 is 0 Å². The number of aromatic hydroxyl groups is 1. The second kappa shape index (κ2) is 5.05. The first kappa shape index (κ1) is 12.2. The summed E-state index contributed by atoms with van der Waals surface area (Å²) in [7, 11) is 0. The lowest BCUT2D eigenvalue weighted by atomic mass is 9.99. The van der Waals surface area contributed by atoms with Crippen LogP contribution in [0.4, 0.5) is 0 Å². The highest BCUT2D eigenvalue weighted by atomic mass is 16.3. The average Bonchev–Trinajstić information content (AvgIpc) is 2.82. The van der Waals surface area contributed by atoms with Gasteiger partial charge in [0.05, 0.1) is 5.69 Å². The van der Waals surface area contributed by atoms with E-state index in [0.29, 0.717) is 11.7 Å². The second-order valence-corrected chi connectivity index (χ2v) is 5.23. The first-order valence-electron chi connectivity index (χ1n) is 6.68. The summed E-state index contributed by atoms with van der Waals surface area (Å²) in [6.45, 7) is 1.20. The number of rotatable bonds is 3. The number of phenols is 1. The van der Waals surface area contributed by atoms with Crippen LogP contribution in [0.15, 0.2) is 30.5 Å². The molecule has 3 rings (SSSR count). The molecule has 0 saturated carbocycles. The first-order chi connectivity index (χ1) is 9.24. The number of aliphatic hydroxyl groups is 1. The summed E-state index contributed by atoms with van der Waals surface area (Å²) in [4.78, 5) is 4.66. The molecule has 1 aromatic heterocycles. The summed E-state index contributed by atoms with van der Waals surface area (Å²) in [5.41, 5.74) is 2.20. The molecule has 1 unspecified atom stereocenters. The van der Waals surface area contributed by atoms with Crippen molar-refractivity contribution in [1.82, 2.24) is 9.55 Å². The summed E-state index contributed by atoms with van der Waals surface area (Å²) in [5.74, 6) is 1.73. The van der Waals surface area contributed by atoms with Crippen molar-refractivity contribution in [1.29, 1.82) is 0 Å². The summed E-state index contributed by atoms with van der Waals surface area (Å²) in [5, 5.41) is 18.5. The van der Waals surface area contributed by atoms with E-state index in [-0.39, 0.29) is 6.61 Å². The predicted molar refractivity (Wildman–Crippen MR) is 72.0 cm³/mol. The van der Waals surface area contributed by atoms with E-state index in [1.54, 1.807) is 12.1 Å². The van der Waals surface area contributed by atoms with Gasteiger partial charge in [-0.3, -0.25) is 0 Å². The van der Waals surface area contributed by atoms with Gasteiger partial charge in [-0.2, -0.15) is 0 Å². The molecule has 19 heavy (non-hydrogen) atoms. The normalized spacial score (nSPS) is 18.3. The summed E-state index contributed by atoms with van der Waals surface area (Å²) in [6, 6.07) is 7.24. The molecule has 2 aromatic rings. The minimum Gasteiger partial charge on any atom is -0.508 e. The van der Waals surface area contributed by atoms with Crippen molar-refractivity contribution < 1.29 is 10.2 Å². The third-order valence-electron chi connectivity index (χ3n) is 3.74. The molecule has 1 aliphatic rings. The molecule has 0 saturated heterocycles. The lowest BCUT2D eigenvalue weighted by Gasteiger charge is -2.20. The molecule has 2 N–H and O–H groups in total. The van der Waals surface area contributed by atoms with Crippen LogP contribution in [0.5, 0.6) is 5.75 Å². The molecule has 2 heterocycles. The van der Waals surface area contributed by atoms with Crippen LogP contribution in [0.3, 0.4) is 0 Å². The Kier molecular flexibility index (Phi) is 3.25. The quantitative estimate of drug-likeness (QED) is 0.881. The maximum absolute atomic E-state index is 9.27. The average molecular weight is 258 g/mol. The molecule has 0 spiro atoms. The summed E-state index contributed by atoms with van der Waals surface area (Å²) >= 11 is 0. The number of aromatic nitrogens is 2. The lowest BCUT2D eigenvalue weighted by molar-refractivity contribution is 0.199. The number of hydrogen-bond donors (Lipinski definition) is 2. The Morgan fingerprint density at radius 1 is 1.26 bits per heavy atom. The SMILES string of the molecule is OCC1CCn2cc(Cc3ccc(O)cc3)nc2C1. The smallest absolute Gasteiger partial charge is 0.115 e. The molecule has 4 nitrogen and oxygen atoms in total. The number of imidazole rings is 1. The molecule has 1 atom stereocenters. The van der Waals surface area contributed by atoms with Crippen LogP contribution < -0.4 is 0 Å². The van der Waals surface area contributed by atoms with E-state index in [0.717, 1.165) is 42.9 Å². The van der Waals surface area contributed by atoms with Crippen LogP contribution >= 0.6 is 0 Å². The van der Waals surface area contributed by atoms with Crippen LogP contribution in [0.2, 0.25) is 0 Å². The Morgan fingerprint density at radius 2 is 2.05 bits per heavy atom. The first-order valence-corrected chi connectivity index (χ1v) is 6.68. The Hall–Kier alpha value is -1.81. The zero-order valence-corrected chi connectivity index (χ0v) is 10.8. The zero-order chi connectivity index (χ0) is 13.2. The number of aliphatic hydroxyl groups excluding tert-OH is 1. The van der Waals surface area contributed by atoms with E-state index in [1.165, 1.54) is 0 Å². The van der Waals surface area contributed by atoms with Crippen molar-refractivity contribution in [3.05, 3.63) is 47.5 Å². The standard InChI is InChI=1S/C15H18N2O2/c18-10-12-5-6-17-9-13(16-15(17)8-12)7-11-1-3-14(19)4-2-11/h1-4,9,12,18-19H,5-8,10H2. The van der Waals surface area contributed by atoms with Crippen LogP contribution in [0.25, 0.3) is 0 Å². The van der Waals surface area contributed by atoms with Crippen molar-refractivity contribution in [2.75, 3.05) is 6.61 Å². The molecule has 4 heteroatoms. The van der Waals surface area contributed by atoms with Crippen molar-refractivity contribution in [2.45, 2.75) is 25.8 Å². The van der Waals surface area contributed by atoms with Gasteiger partial charge in [-0.15, -0.1) is 0 Å². The number of fused-ring (bicyclic) bond motifs is 1. The van der Waals surface area contributed by atoms with Gasteiger partial charge in [-0.25, -0.2) is 4.98 Å². The van der Waals surface area contributed by atoms with Gasteiger partial charge in [0.1, 0.15) is 11.6 Å². The fourth-order valence-corrected chi connectivity index (χ4v) is 2.62. The maximum atomic E-state index is 9.27. The Bertz CT molecular complexity index is 560. The van der Waals surface area contributed by atoms with Crippen LogP contribution in [0, 0.1) is 5.92 Å². The van der Waals surface area contributed by atoms with Crippen molar-refractivity contribution in [3.8, 4) is 5.75 Å². The van der Waals surface area contributed by atoms with Gasteiger partial charge in [0.2, 0.25) is 0 Å². The molecule has 0 radical (unpaired) electrons. The highest BCUT2D eigenvalue weighted by Gasteiger charge is 2.19. The van der Waals surface area contributed by atoms with Crippen molar-refractivity contribution >= 4 is 0 Å². The van der Waals surface area contributed by atoms with Crippen LogP contribution in [-0.4, -0.2) is 26.4 Å². The second-order valence-electron chi connectivity index (χ2n) is 5.23. The maximum Gasteiger partial charge on any atom is 0.115 e. The van der Waals surface area contributed by atoms with Crippen LogP contribution in [0.1, 0.15) is 23.5 Å². The third-order valence-corrected chi connectivity index (χ3v) is 3.74. The lowest BCUT2D eigenvalue weighted by Crippen LogP contribution is -2.21. The fraction of sp³-hybridized carbons (Fsp3) is 0.400. The van der Waals surface area contributed by atoms with Crippen molar-refractivity contribution in [3.63, 3.8) is 0 Å². The molecule has 0 aliphatic carbocycles. The molecular weight excluding hydrogens is 240 g/mol. The van der Waals surface area contributed by atoms with Gasteiger partial charge >= 0.3 is 0 Å². The highest BCUT2D eigenvalue weighted by molar-refractivity contribution is 5.28. The van der Waals surface area contributed by atoms with Gasteiger partial charge in [0, 0.05) is 32.2 Å². The van der Waals surface area contributed by atoms with E-state index in [4.69, 9.17) is 0 Å². The molecule has 0 amide bonds. The molecule has 1 aliphatic heterocycles. The molecular formula is C15H18N2O2. The Morgan fingerprint density at radius 3 is 2.79 bits per heavy atom. The molecule has 100 valence electrons. The predicted octanol–water partition coefficient (Wildman–Crippen LogP) is 1.73. The minimum atomic E-state index is 0.250.